The van der Waals surface area contributed by atoms with Crippen LogP contribution in [0.3, 0.4) is 0 Å². The van der Waals surface area contributed by atoms with Crippen molar-refractivity contribution in [3.63, 3.8) is 0 Å². The van der Waals surface area contributed by atoms with Crippen molar-refractivity contribution in [1.82, 2.24) is 0 Å². The van der Waals surface area contributed by atoms with Gasteiger partial charge in [-0.3, -0.25) is 4.79 Å². The van der Waals surface area contributed by atoms with E-state index in [1.54, 1.807) is 25.3 Å². The lowest BCUT2D eigenvalue weighted by Crippen LogP contribution is -2.01. The van der Waals surface area contributed by atoms with E-state index >= 15 is 0 Å². The van der Waals surface area contributed by atoms with E-state index in [9.17, 15) is 4.79 Å². The summed E-state index contributed by atoms with van der Waals surface area (Å²) in [7, 11) is 1.61. The molecule has 0 atom stereocenters. The summed E-state index contributed by atoms with van der Waals surface area (Å²) in [4.78, 5) is 12.5. The summed E-state index contributed by atoms with van der Waals surface area (Å²) in [6.07, 6.45) is 0. The molecule has 1 aromatic heterocycles. The Labute approximate surface area is 156 Å². The van der Waals surface area contributed by atoms with Crippen LogP contribution in [0, 0.1) is 0 Å². The van der Waals surface area contributed by atoms with Gasteiger partial charge in [0.2, 0.25) is 0 Å². The minimum Gasteiger partial charge on any atom is -0.497 e. The van der Waals surface area contributed by atoms with Crippen LogP contribution in [0.4, 0.5) is 0 Å². The average molecular weight is 358 g/mol. The first-order valence-electron chi connectivity index (χ1n) is 8.62. The molecular formula is C23H18O4. The molecule has 0 aliphatic rings. The van der Waals surface area contributed by atoms with Gasteiger partial charge in [-0.05, 0) is 42.0 Å². The highest BCUT2D eigenvalue weighted by molar-refractivity contribution is 5.80. The highest BCUT2D eigenvalue weighted by atomic mass is 16.5. The fourth-order valence-electron chi connectivity index (χ4n) is 2.86. The van der Waals surface area contributed by atoms with E-state index in [-0.39, 0.29) is 5.43 Å². The number of hydrogen-bond donors (Lipinski definition) is 0. The van der Waals surface area contributed by atoms with E-state index < -0.39 is 0 Å². The summed E-state index contributed by atoms with van der Waals surface area (Å²) < 4.78 is 17.0. The highest BCUT2D eigenvalue weighted by Crippen LogP contribution is 2.26. The summed E-state index contributed by atoms with van der Waals surface area (Å²) in [6, 6.07) is 24.1. The van der Waals surface area contributed by atoms with E-state index in [4.69, 9.17) is 13.9 Å². The van der Waals surface area contributed by atoms with Crippen LogP contribution in [0.15, 0.2) is 88.1 Å². The summed E-state index contributed by atoms with van der Waals surface area (Å²) in [5.41, 5.74) is 2.30. The summed E-state index contributed by atoms with van der Waals surface area (Å²) in [5, 5.41) is 0.527. The van der Waals surface area contributed by atoms with Crippen LogP contribution in [-0.4, -0.2) is 7.11 Å². The van der Waals surface area contributed by atoms with Crippen molar-refractivity contribution in [2.75, 3.05) is 7.11 Å². The van der Waals surface area contributed by atoms with Crippen LogP contribution in [0.2, 0.25) is 0 Å². The van der Waals surface area contributed by atoms with Crippen molar-refractivity contribution in [1.29, 1.82) is 0 Å². The van der Waals surface area contributed by atoms with Crippen LogP contribution in [-0.2, 0) is 6.61 Å². The van der Waals surface area contributed by atoms with Gasteiger partial charge in [0.25, 0.3) is 0 Å². The third kappa shape index (κ3) is 3.70. The van der Waals surface area contributed by atoms with Gasteiger partial charge in [-0.1, -0.05) is 30.3 Å². The largest absolute Gasteiger partial charge is 0.497 e. The van der Waals surface area contributed by atoms with Crippen molar-refractivity contribution in [3.05, 3.63) is 94.6 Å². The first-order chi connectivity index (χ1) is 13.2. The second-order valence-corrected chi connectivity index (χ2v) is 6.14. The van der Waals surface area contributed by atoms with Gasteiger partial charge in [-0.2, -0.15) is 0 Å². The van der Waals surface area contributed by atoms with E-state index in [1.807, 2.05) is 54.6 Å². The van der Waals surface area contributed by atoms with Crippen LogP contribution in [0.1, 0.15) is 5.56 Å². The van der Waals surface area contributed by atoms with Crippen molar-refractivity contribution in [2.45, 2.75) is 6.61 Å². The number of ether oxygens (including phenoxy) is 2. The Bertz CT molecular complexity index is 1110. The molecular weight excluding hydrogens is 340 g/mol. The average Bonchev–Trinajstić information content (AvgIpc) is 2.73. The SMILES string of the molecule is COc1ccc(-c2cc(=O)c3ccc(OCc4ccccc4)cc3o2)cc1. The van der Waals surface area contributed by atoms with Gasteiger partial charge in [-0.15, -0.1) is 0 Å². The molecule has 0 aliphatic carbocycles. The second-order valence-electron chi connectivity index (χ2n) is 6.14. The molecule has 0 unspecified atom stereocenters. The molecule has 4 nitrogen and oxygen atoms in total. The quantitative estimate of drug-likeness (QED) is 0.501. The Hall–Kier alpha value is -3.53. The monoisotopic (exact) mass is 358 g/mol. The molecule has 0 aliphatic heterocycles. The third-order valence-electron chi connectivity index (χ3n) is 4.32. The second kappa shape index (κ2) is 7.38. The van der Waals surface area contributed by atoms with Crippen LogP contribution >= 0.6 is 0 Å². The van der Waals surface area contributed by atoms with Crippen LogP contribution in [0.5, 0.6) is 11.5 Å². The number of methoxy groups -OCH3 is 1. The Morgan fingerprint density at radius 2 is 1.59 bits per heavy atom. The molecule has 134 valence electrons. The molecule has 0 saturated heterocycles. The zero-order valence-electron chi connectivity index (χ0n) is 14.8. The lowest BCUT2D eigenvalue weighted by molar-refractivity contribution is 0.306. The zero-order chi connectivity index (χ0) is 18.6. The molecule has 0 spiro atoms. The molecule has 0 fully saturated rings. The predicted octanol–water partition coefficient (Wildman–Crippen LogP) is 5.05. The smallest absolute Gasteiger partial charge is 0.193 e. The fraction of sp³-hybridized carbons (Fsp3) is 0.0870. The van der Waals surface area contributed by atoms with Gasteiger partial charge in [0, 0.05) is 17.7 Å². The Kier molecular flexibility index (Phi) is 4.62. The van der Waals surface area contributed by atoms with E-state index in [0.717, 1.165) is 16.9 Å². The minimum absolute atomic E-state index is 0.0864. The van der Waals surface area contributed by atoms with E-state index in [2.05, 4.69) is 0 Å². The summed E-state index contributed by atoms with van der Waals surface area (Å²) in [5.74, 6) is 1.91. The molecule has 0 bridgehead atoms. The lowest BCUT2D eigenvalue weighted by Gasteiger charge is -2.08. The summed E-state index contributed by atoms with van der Waals surface area (Å²) >= 11 is 0. The predicted molar refractivity (Wildman–Crippen MR) is 105 cm³/mol. The first kappa shape index (κ1) is 16.9. The molecule has 0 N–H and O–H groups in total. The van der Waals surface area contributed by atoms with Gasteiger partial charge in [-0.25, -0.2) is 0 Å². The third-order valence-corrected chi connectivity index (χ3v) is 4.32. The van der Waals surface area contributed by atoms with E-state index in [0.29, 0.717) is 29.1 Å². The van der Waals surface area contributed by atoms with Crippen LogP contribution < -0.4 is 14.9 Å². The van der Waals surface area contributed by atoms with Crippen molar-refractivity contribution in [2.24, 2.45) is 0 Å². The molecule has 4 aromatic rings. The zero-order valence-corrected chi connectivity index (χ0v) is 14.8. The molecule has 0 amide bonds. The Balaban J connectivity index is 1.66. The summed E-state index contributed by atoms with van der Waals surface area (Å²) in [6.45, 7) is 0.453. The van der Waals surface area contributed by atoms with Crippen molar-refractivity contribution >= 4 is 11.0 Å². The van der Waals surface area contributed by atoms with Gasteiger partial charge in [0.15, 0.2) is 5.43 Å². The lowest BCUT2D eigenvalue weighted by atomic mass is 10.1. The Morgan fingerprint density at radius 1 is 0.852 bits per heavy atom. The van der Waals surface area contributed by atoms with Crippen molar-refractivity contribution < 1.29 is 13.9 Å². The Morgan fingerprint density at radius 3 is 2.33 bits per heavy atom. The normalized spacial score (nSPS) is 10.7. The topological polar surface area (TPSA) is 48.7 Å². The molecule has 4 heteroatoms. The van der Waals surface area contributed by atoms with Gasteiger partial charge < -0.3 is 13.9 Å². The van der Waals surface area contributed by atoms with Gasteiger partial charge in [0.05, 0.1) is 12.5 Å². The molecule has 0 saturated carbocycles. The number of fused-ring (bicyclic) bond motifs is 1. The molecule has 4 rings (SSSR count). The van der Waals surface area contributed by atoms with Gasteiger partial charge in [0.1, 0.15) is 29.4 Å². The molecule has 3 aromatic carbocycles. The first-order valence-corrected chi connectivity index (χ1v) is 8.62. The number of benzene rings is 3. The fourth-order valence-corrected chi connectivity index (χ4v) is 2.86. The maximum Gasteiger partial charge on any atom is 0.193 e. The molecule has 0 radical (unpaired) electrons. The number of hydrogen-bond acceptors (Lipinski definition) is 4. The van der Waals surface area contributed by atoms with Crippen LogP contribution in [0.25, 0.3) is 22.3 Å². The standard InChI is InChI=1S/C23H18O4/c1-25-18-9-7-17(8-10-18)22-14-21(24)20-12-11-19(13-23(20)27-22)26-15-16-5-3-2-4-6-16/h2-14H,15H2,1H3. The maximum absolute atomic E-state index is 12.5. The molecule has 1 heterocycles. The highest BCUT2D eigenvalue weighted by Gasteiger charge is 2.09. The number of rotatable bonds is 5. The maximum atomic E-state index is 12.5. The molecule has 27 heavy (non-hydrogen) atoms. The van der Waals surface area contributed by atoms with Gasteiger partial charge >= 0.3 is 0 Å². The van der Waals surface area contributed by atoms with E-state index in [1.165, 1.54) is 6.07 Å². The minimum atomic E-state index is -0.0864. The van der Waals surface area contributed by atoms with Crippen molar-refractivity contribution in [3.8, 4) is 22.8 Å².